The molecule has 0 saturated carbocycles. The molecule has 1 aliphatic rings. The molecule has 0 unspecified atom stereocenters. The summed E-state index contributed by atoms with van der Waals surface area (Å²) in [7, 11) is 0. The summed E-state index contributed by atoms with van der Waals surface area (Å²) in [5.41, 5.74) is 3.53. The van der Waals surface area contributed by atoms with Gasteiger partial charge in [-0.25, -0.2) is 9.50 Å². The Balaban J connectivity index is 1.47. The van der Waals surface area contributed by atoms with E-state index in [1.807, 2.05) is 44.3 Å². The van der Waals surface area contributed by atoms with E-state index in [0.29, 0.717) is 5.69 Å². The monoisotopic (exact) mass is 377 g/mol. The lowest BCUT2D eigenvalue weighted by Gasteiger charge is -2.17. The number of benzene rings is 1. The minimum Gasteiger partial charge on any atom is -0.355 e. The van der Waals surface area contributed by atoms with Crippen LogP contribution in [0.3, 0.4) is 0 Å². The summed E-state index contributed by atoms with van der Waals surface area (Å²) in [5, 5.41) is 7.60. The van der Waals surface area contributed by atoms with Gasteiger partial charge in [-0.1, -0.05) is 30.3 Å². The Kier molecular flexibility index (Phi) is 5.28. The second kappa shape index (κ2) is 8.00. The van der Waals surface area contributed by atoms with Crippen molar-refractivity contribution in [1.29, 1.82) is 0 Å². The molecule has 0 aliphatic carbocycles. The van der Waals surface area contributed by atoms with Crippen molar-refractivity contribution in [3.63, 3.8) is 0 Å². The molecular weight excluding hydrogens is 350 g/mol. The number of hydrogen-bond donors (Lipinski definition) is 1. The maximum Gasteiger partial charge on any atom is 0.272 e. The fourth-order valence-corrected chi connectivity index (χ4v) is 3.76. The standard InChI is InChI=1S/C22H27N5O/c1-16(10-11-18-8-4-3-5-9-18)24-22(28)19-14-20-21(26-12-6-7-13-26)23-17(2)15-27(20)25-19/h3-5,8-9,14-16H,6-7,10-13H2,1-2H3,(H,24,28)/t16-/m0/s1. The number of carbonyl (C=O) groups excluding carboxylic acids is 1. The fourth-order valence-electron chi connectivity index (χ4n) is 3.76. The van der Waals surface area contributed by atoms with E-state index in [0.717, 1.165) is 43.0 Å². The lowest BCUT2D eigenvalue weighted by Crippen LogP contribution is -2.33. The van der Waals surface area contributed by atoms with Gasteiger partial charge in [-0.05, 0) is 45.1 Å². The highest BCUT2D eigenvalue weighted by molar-refractivity contribution is 5.94. The molecule has 3 aromatic rings. The zero-order chi connectivity index (χ0) is 19.5. The molecule has 1 N–H and O–H groups in total. The fraction of sp³-hybridized carbons (Fsp3) is 0.409. The van der Waals surface area contributed by atoms with Crippen molar-refractivity contribution in [3.05, 3.63) is 59.5 Å². The number of fused-ring (bicyclic) bond motifs is 1. The van der Waals surface area contributed by atoms with Crippen molar-refractivity contribution in [2.45, 2.75) is 45.6 Å². The first-order valence-electron chi connectivity index (χ1n) is 10.1. The number of carbonyl (C=O) groups is 1. The number of aryl methyl sites for hydroxylation is 2. The predicted molar refractivity (Wildman–Crippen MR) is 111 cm³/mol. The second-order valence-electron chi connectivity index (χ2n) is 7.66. The third-order valence-corrected chi connectivity index (χ3v) is 5.28. The normalized spacial score (nSPS) is 15.1. The van der Waals surface area contributed by atoms with Crippen LogP contribution in [-0.2, 0) is 6.42 Å². The maximum atomic E-state index is 12.7. The molecule has 0 spiro atoms. The molecule has 1 saturated heterocycles. The number of rotatable bonds is 6. The van der Waals surface area contributed by atoms with Gasteiger partial charge in [0.25, 0.3) is 5.91 Å². The Morgan fingerprint density at radius 3 is 2.71 bits per heavy atom. The Hall–Kier alpha value is -2.89. The third kappa shape index (κ3) is 4.01. The maximum absolute atomic E-state index is 12.7. The molecule has 1 fully saturated rings. The van der Waals surface area contributed by atoms with Gasteiger partial charge in [0.1, 0.15) is 5.52 Å². The van der Waals surface area contributed by atoms with Gasteiger partial charge in [0.2, 0.25) is 0 Å². The van der Waals surface area contributed by atoms with Gasteiger partial charge in [-0.2, -0.15) is 5.10 Å². The zero-order valence-corrected chi connectivity index (χ0v) is 16.6. The highest BCUT2D eigenvalue weighted by Crippen LogP contribution is 2.24. The van der Waals surface area contributed by atoms with Gasteiger partial charge in [-0.3, -0.25) is 4.79 Å². The molecule has 1 atom stereocenters. The third-order valence-electron chi connectivity index (χ3n) is 5.28. The van der Waals surface area contributed by atoms with E-state index in [4.69, 9.17) is 4.98 Å². The number of nitrogens with zero attached hydrogens (tertiary/aromatic N) is 4. The SMILES string of the molecule is Cc1cn2nc(C(=O)N[C@@H](C)CCc3ccccc3)cc2c(N2CCCC2)n1. The molecule has 3 heterocycles. The molecule has 28 heavy (non-hydrogen) atoms. The van der Waals surface area contributed by atoms with E-state index in [-0.39, 0.29) is 11.9 Å². The quantitative estimate of drug-likeness (QED) is 0.715. The van der Waals surface area contributed by atoms with Gasteiger partial charge in [0.05, 0.1) is 11.9 Å². The Morgan fingerprint density at radius 1 is 1.21 bits per heavy atom. The number of aromatic nitrogens is 3. The van der Waals surface area contributed by atoms with Crippen LogP contribution in [0, 0.1) is 6.92 Å². The van der Waals surface area contributed by atoms with Crippen LogP contribution in [0.5, 0.6) is 0 Å². The average Bonchev–Trinajstić information content (AvgIpc) is 3.36. The van der Waals surface area contributed by atoms with Crippen molar-refractivity contribution in [3.8, 4) is 0 Å². The van der Waals surface area contributed by atoms with E-state index >= 15 is 0 Å². The summed E-state index contributed by atoms with van der Waals surface area (Å²) in [5.74, 6) is 0.801. The van der Waals surface area contributed by atoms with Gasteiger partial charge in [0.15, 0.2) is 11.5 Å². The summed E-state index contributed by atoms with van der Waals surface area (Å²) in [6.07, 6.45) is 6.08. The van der Waals surface area contributed by atoms with E-state index in [1.165, 1.54) is 18.4 Å². The van der Waals surface area contributed by atoms with E-state index < -0.39 is 0 Å². The van der Waals surface area contributed by atoms with Crippen molar-refractivity contribution < 1.29 is 4.79 Å². The lowest BCUT2D eigenvalue weighted by molar-refractivity contribution is 0.0933. The van der Waals surface area contributed by atoms with Crippen molar-refractivity contribution in [2.75, 3.05) is 18.0 Å². The highest BCUT2D eigenvalue weighted by atomic mass is 16.2. The predicted octanol–water partition coefficient (Wildman–Crippen LogP) is 3.39. The molecule has 6 nitrogen and oxygen atoms in total. The topological polar surface area (TPSA) is 62.5 Å². The van der Waals surface area contributed by atoms with Crippen LogP contribution in [0.15, 0.2) is 42.6 Å². The first kappa shape index (κ1) is 18.5. The minimum absolute atomic E-state index is 0.0791. The van der Waals surface area contributed by atoms with Crippen molar-refractivity contribution in [1.82, 2.24) is 19.9 Å². The summed E-state index contributed by atoms with van der Waals surface area (Å²) >= 11 is 0. The van der Waals surface area contributed by atoms with Crippen LogP contribution >= 0.6 is 0 Å². The summed E-state index contributed by atoms with van der Waals surface area (Å²) in [6, 6.07) is 12.3. The highest BCUT2D eigenvalue weighted by Gasteiger charge is 2.21. The smallest absolute Gasteiger partial charge is 0.272 e. The van der Waals surface area contributed by atoms with E-state index in [2.05, 4.69) is 27.4 Å². The van der Waals surface area contributed by atoms with Crippen molar-refractivity contribution >= 4 is 17.2 Å². The molecule has 6 heteroatoms. The molecule has 0 bridgehead atoms. The summed E-state index contributed by atoms with van der Waals surface area (Å²) < 4.78 is 1.79. The Labute approximate surface area is 165 Å². The first-order valence-corrected chi connectivity index (χ1v) is 10.1. The van der Waals surface area contributed by atoms with Crippen molar-refractivity contribution in [2.24, 2.45) is 0 Å². The Morgan fingerprint density at radius 2 is 1.96 bits per heavy atom. The van der Waals surface area contributed by atoms with E-state index in [1.54, 1.807) is 4.52 Å². The van der Waals surface area contributed by atoms with Crippen LogP contribution in [-0.4, -0.2) is 39.6 Å². The minimum atomic E-state index is -0.130. The molecule has 2 aromatic heterocycles. The molecule has 1 aromatic carbocycles. The Bertz CT molecular complexity index is 960. The van der Waals surface area contributed by atoms with Crippen LogP contribution in [0.2, 0.25) is 0 Å². The first-order chi connectivity index (χ1) is 13.6. The number of anilines is 1. The van der Waals surface area contributed by atoms with Gasteiger partial charge >= 0.3 is 0 Å². The average molecular weight is 377 g/mol. The lowest BCUT2D eigenvalue weighted by atomic mass is 10.1. The van der Waals surface area contributed by atoms with Crippen LogP contribution in [0.25, 0.3) is 5.52 Å². The summed E-state index contributed by atoms with van der Waals surface area (Å²) in [6.45, 7) is 6.02. The second-order valence-corrected chi connectivity index (χ2v) is 7.66. The molecule has 0 radical (unpaired) electrons. The summed E-state index contributed by atoms with van der Waals surface area (Å²) in [4.78, 5) is 19.7. The van der Waals surface area contributed by atoms with E-state index in [9.17, 15) is 4.79 Å². The molecule has 146 valence electrons. The molecule has 1 aliphatic heterocycles. The largest absolute Gasteiger partial charge is 0.355 e. The van der Waals surface area contributed by atoms with Gasteiger partial charge in [0, 0.05) is 25.2 Å². The number of nitrogens with one attached hydrogen (secondary N) is 1. The zero-order valence-electron chi connectivity index (χ0n) is 16.6. The molecule has 4 rings (SSSR count). The molecular formula is C22H27N5O. The number of hydrogen-bond acceptors (Lipinski definition) is 4. The van der Waals surface area contributed by atoms with Crippen LogP contribution < -0.4 is 10.2 Å². The van der Waals surface area contributed by atoms with Crippen LogP contribution in [0.1, 0.15) is 47.9 Å². The number of amides is 1. The van der Waals surface area contributed by atoms with Gasteiger partial charge < -0.3 is 10.2 Å². The van der Waals surface area contributed by atoms with Crippen LogP contribution in [0.4, 0.5) is 5.82 Å². The molecule has 1 amide bonds. The van der Waals surface area contributed by atoms with Gasteiger partial charge in [-0.15, -0.1) is 0 Å².